The Morgan fingerprint density at radius 1 is 1.41 bits per heavy atom. The molecule has 0 unspecified atom stereocenters. The molecule has 1 amide bonds. The SMILES string of the molecule is CCNC(=O)c1ccc(N(CC)CCO)nn1. The highest BCUT2D eigenvalue weighted by molar-refractivity contribution is 5.92. The van der Waals surface area contributed by atoms with Crippen LogP contribution in [0.5, 0.6) is 0 Å². The van der Waals surface area contributed by atoms with Crippen LogP contribution in [0.1, 0.15) is 24.3 Å². The summed E-state index contributed by atoms with van der Waals surface area (Å²) in [7, 11) is 0. The van der Waals surface area contributed by atoms with Gasteiger partial charge in [-0.15, -0.1) is 10.2 Å². The Balaban J connectivity index is 2.76. The minimum atomic E-state index is -0.225. The van der Waals surface area contributed by atoms with Crippen LogP contribution in [0.4, 0.5) is 5.82 Å². The number of nitrogens with zero attached hydrogens (tertiary/aromatic N) is 3. The smallest absolute Gasteiger partial charge is 0.271 e. The van der Waals surface area contributed by atoms with E-state index >= 15 is 0 Å². The second-order valence-corrected chi connectivity index (χ2v) is 3.44. The van der Waals surface area contributed by atoms with Gasteiger partial charge in [-0.3, -0.25) is 4.79 Å². The van der Waals surface area contributed by atoms with Gasteiger partial charge in [0.05, 0.1) is 6.61 Å². The molecule has 0 atom stereocenters. The van der Waals surface area contributed by atoms with E-state index in [2.05, 4.69) is 15.5 Å². The number of nitrogens with one attached hydrogen (secondary N) is 1. The van der Waals surface area contributed by atoms with E-state index in [0.29, 0.717) is 24.6 Å². The van der Waals surface area contributed by atoms with Gasteiger partial charge in [-0.25, -0.2) is 0 Å². The number of carbonyl (C=O) groups excluding carboxylic acids is 1. The van der Waals surface area contributed by atoms with Crippen molar-refractivity contribution in [3.8, 4) is 0 Å². The second-order valence-electron chi connectivity index (χ2n) is 3.44. The summed E-state index contributed by atoms with van der Waals surface area (Å²) >= 11 is 0. The van der Waals surface area contributed by atoms with E-state index in [1.165, 1.54) is 0 Å². The number of anilines is 1. The quantitative estimate of drug-likeness (QED) is 0.732. The zero-order valence-electron chi connectivity index (χ0n) is 10.2. The third-order valence-electron chi connectivity index (χ3n) is 2.30. The summed E-state index contributed by atoms with van der Waals surface area (Å²) in [6, 6.07) is 3.37. The number of amides is 1. The Hall–Kier alpha value is -1.69. The van der Waals surface area contributed by atoms with Crippen LogP contribution >= 0.6 is 0 Å². The van der Waals surface area contributed by atoms with Crippen LogP contribution in [0.3, 0.4) is 0 Å². The number of aromatic nitrogens is 2. The highest BCUT2D eigenvalue weighted by Crippen LogP contribution is 2.08. The largest absolute Gasteiger partial charge is 0.395 e. The lowest BCUT2D eigenvalue weighted by atomic mass is 10.3. The van der Waals surface area contributed by atoms with E-state index in [9.17, 15) is 4.79 Å². The van der Waals surface area contributed by atoms with Gasteiger partial charge in [-0.2, -0.15) is 0 Å². The average molecular weight is 238 g/mol. The molecule has 94 valence electrons. The molecule has 0 aromatic carbocycles. The van der Waals surface area contributed by atoms with Crippen LogP contribution in [-0.2, 0) is 0 Å². The molecular formula is C11H18N4O2. The van der Waals surface area contributed by atoms with Gasteiger partial charge in [-0.05, 0) is 26.0 Å². The monoisotopic (exact) mass is 238 g/mol. The van der Waals surface area contributed by atoms with Crippen molar-refractivity contribution in [2.24, 2.45) is 0 Å². The summed E-state index contributed by atoms with van der Waals surface area (Å²) in [5.74, 6) is 0.436. The van der Waals surface area contributed by atoms with Crippen molar-refractivity contribution in [1.29, 1.82) is 0 Å². The summed E-state index contributed by atoms with van der Waals surface area (Å²) < 4.78 is 0. The topological polar surface area (TPSA) is 78.4 Å². The fraction of sp³-hybridized carbons (Fsp3) is 0.545. The molecule has 0 aliphatic carbocycles. The van der Waals surface area contributed by atoms with Gasteiger partial charge in [0.2, 0.25) is 0 Å². The van der Waals surface area contributed by atoms with Crippen molar-refractivity contribution >= 4 is 11.7 Å². The Labute approximate surface area is 101 Å². The van der Waals surface area contributed by atoms with Crippen LogP contribution in [0, 0.1) is 0 Å². The van der Waals surface area contributed by atoms with E-state index in [-0.39, 0.29) is 12.5 Å². The molecular weight excluding hydrogens is 220 g/mol. The lowest BCUT2D eigenvalue weighted by Gasteiger charge is -2.19. The minimum absolute atomic E-state index is 0.0631. The van der Waals surface area contributed by atoms with Gasteiger partial charge < -0.3 is 15.3 Å². The first-order valence-electron chi connectivity index (χ1n) is 5.70. The molecule has 6 heteroatoms. The molecule has 1 heterocycles. The molecule has 0 radical (unpaired) electrons. The standard InChI is InChI=1S/C11H18N4O2/c1-3-12-11(17)9-5-6-10(14-13-9)15(4-2)7-8-16/h5-6,16H,3-4,7-8H2,1-2H3,(H,12,17). The van der Waals surface area contributed by atoms with Gasteiger partial charge in [0.15, 0.2) is 11.5 Å². The summed E-state index contributed by atoms with van der Waals surface area (Å²) in [6.45, 7) is 5.68. The van der Waals surface area contributed by atoms with Gasteiger partial charge in [0.1, 0.15) is 0 Å². The number of aliphatic hydroxyl groups excluding tert-OH is 1. The van der Waals surface area contributed by atoms with Gasteiger partial charge in [0.25, 0.3) is 5.91 Å². The molecule has 6 nitrogen and oxygen atoms in total. The van der Waals surface area contributed by atoms with Crippen LogP contribution in [0.2, 0.25) is 0 Å². The lowest BCUT2D eigenvalue weighted by Crippen LogP contribution is -2.28. The molecule has 0 aliphatic rings. The van der Waals surface area contributed by atoms with E-state index in [4.69, 9.17) is 5.11 Å². The number of hydrogen-bond donors (Lipinski definition) is 2. The van der Waals surface area contributed by atoms with Gasteiger partial charge in [0, 0.05) is 19.6 Å². The third-order valence-corrected chi connectivity index (χ3v) is 2.30. The normalized spacial score (nSPS) is 10.1. The highest BCUT2D eigenvalue weighted by Gasteiger charge is 2.09. The van der Waals surface area contributed by atoms with Gasteiger partial charge in [-0.1, -0.05) is 0 Å². The molecule has 0 spiro atoms. The van der Waals surface area contributed by atoms with Crippen LogP contribution < -0.4 is 10.2 Å². The predicted octanol–water partition coefficient (Wildman–Crippen LogP) is 0.0449. The first kappa shape index (κ1) is 13.4. The maximum atomic E-state index is 11.5. The number of carbonyl (C=O) groups is 1. The zero-order valence-corrected chi connectivity index (χ0v) is 10.2. The minimum Gasteiger partial charge on any atom is -0.395 e. The summed E-state index contributed by atoms with van der Waals surface area (Å²) in [4.78, 5) is 13.3. The molecule has 1 aromatic rings. The third kappa shape index (κ3) is 3.67. The lowest BCUT2D eigenvalue weighted by molar-refractivity contribution is 0.0950. The maximum absolute atomic E-state index is 11.5. The Kier molecular flexibility index (Phi) is 5.35. The van der Waals surface area contributed by atoms with Crippen molar-refractivity contribution in [2.45, 2.75) is 13.8 Å². The fourth-order valence-electron chi connectivity index (χ4n) is 1.42. The number of rotatable bonds is 6. The fourth-order valence-corrected chi connectivity index (χ4v) is 1.42. The van der Waals surface area contributed by atoms with E-state index in [1.54, 1.807) is 12.1 Å². The number of aliphatic hydroxyl groups is 1. The molecule has 1 rings (SSSR count). The highest BCUT2D eigenvalue weighted by atomic mass is 16.3. The van der Waals surface area contributed by atoms with Crippen molar-refractivity contribution in [3.63, 3.8) is 0 Å². The maximum Gasteiger partial charge on any atom is 0.271 e. The van der Waals surface area contributed by atoms with Crippen LogP contribution in [0.25, 0.3) is 0 Å². The first-order valence-corrected chi connectivity index (χ1v) is 5.70. The number of likely N-dealkylation sites (N-methyl/N-ethyl adjacent to an activating group) is 1. The molecule has 17 heavy (non-hydrogen) atoms. The van der Waals surface area contributed by atoms with E-state index in [1.807, 2.05) is 18.7 Å². The molecule has 0 bridgehead atoms. The van der Waals surface area contributed by atoms with Crippen LogP contribution in [0.15, 0.2) is 12.1 Å². The molecule has 0 saturated carbocycles. The molecule has 0 aliphatic heterocycles. The van der Waals surface area contributed by atoms with Crippen LogP contribution in [-0.4, -0.2) is 47.5 Å². The average Bonchev–Trinajstić information content (AvgIpc) is 2.36. The number of hydrogen-bond acceptors (Lipinski definition) is 5. The van der Waals surface area contributed by atoms with E-state index in [0.717, 1.165) is 6.54 Å². The summed E-state index contributed by atoms with van der Waals surface area (Å²) in [5, 5.41) is 19.4. The Morgan fingerprint density at radius 2 is 2.18 bits per heavy atom. The second kappa shape index (κ2) is 6.80. The van der Waals surface area contributed by atoms with Crippen molar-refractivity contribution < 1.29 is 9.90 Å². The zero-order chi connectivity index (χ0) is 12.7. The molecule has 2 N–H and O–H groups in total. The van der Waals surface area contributed by atoms with Crippen molar-refractivity contribution in [2.75, 3.05) is 31.1 Å². The Morgan fingerprint density at radius 3 is 2.65 bits per heavy atom. The van der Waals surface area contributed by atoms with Gasteiger partial charge >= 0.3 is 0 Å². The summed E-state index contributed by atoms with van der Waals surface area (Å²) in [5.41, 5.74) is 0.302. The predicted molar refractivity (Wildman–Crippen MR) is 65.0 cm³/mol. The molecule has 0 fully saturated rings. The van der Waals surface area contributed by atoms with Crippen molar-refractivity contribution in [1.82, 2.24) is 15.5 Å². The molecule has 0 saturated heterocycles. The van der Waals surface area contributed by atoms with Crippen molar-refractivity contribution in [3.05, 3.63) is 17.8 Å². The Bertz CT molecular complexity index is 353. The molecule has 1 aromatic heterocycles. The summed E-state index contributed by atoms with van der Waals surface area (Å²) in [6.07, 6.45) is 0. The first-order chi connectivity index (χ1) is 8.22. The van der Waals surface area contributed by atoms with E-state index < -0.39 is 0 Å².